The van der Waals surface area contributed by atoms with Crippen LogP contribution in [0.5, 0.6) is 5.75 Å². The van der Waals surface area contributed by atoms with Crippen LogP contribution in [0.25, 0.3) is 16.6 Å². The van der Waals surface area contributed by atoms with E-state index in [0.29, 0.717) is 6.04 Å². The van der Waals surface area contributed by atoms with E-state index in [1.807, 2.05) is 24.7 Å². The van der Waals surface area contributed by atoms with Gasteiger partial charge in [-0.25, -0.2) is 4.98 Å². The Kier molecular flexibility index (Phi) is 4.74. The Morgan fingerprint density at radius 3 is 2.93 bits per heavy atom. The Hall–Kier alpha value is -3.18. The summed E-state index contributed by atoms with van der Waals surface area (Å²) < 4.78 is 7.52. The van der Waals surface area contributed by atoms with Crippen LogP contribution in [0.3, 0.4) is 0 Å². The van der Waals surface area contributed by atoms with Gasteiger partial charge < -0.3 is 9.14 Å². The molecule has 1 fully saturated rings. The van der Waals surface area contributed by atoms with E-state index in [4.69, 9.17) is 9.72 Å². The highest BCUT2D eigenvalue weighted by atomic mass is 16.5. The maximum absolute atomic E-state index is 5.39. The van der Waals surface area contributed by atoms with E-state index in [9.17, 15) is 0 Å². The summed E-state index contributed by atoms with van der Waals surface area (Å²) in [5.74, 6) is 0.911. The van der Waals surface area contributed by atoms with Crippen molar-refractivity contribution >= 4 is 5.52 Å². The number of nitrogens with zero attached hydrogens (tertiary/aromatic N) is 4. The first-order valence-corrected chi connectivity index (χ1v) is 10.1. The fourth-order valence-electron chi connectivity index (χ4n) is 4.31. The van der Waals surface area contributed by atoms with Crippen molar-refractivity contribution in [2.45, 2.75) is 25.4 Å². The van der Waals surface area contributed by atoms with Crippen molar-refractivity contribution in [1.82, 2.24) is 19.3 Å². The second kappa shape index (κ2) is 7.68. The molecule has 1 aromatic carbocycles. The fourth-order valence-corrected chi connectivity index (χ4v) is 4.31. The van der Waals surface area contributed by atoms with Gasteiger partial charge in [-0.1, -0.05) is 24.3 Å². The van der Waals surface area contributed by atoms with Gasteiger partial charge in [0.2, 0.25) is 0 Å². The number of ether oxygens (including phenoxy) is 1. The van der Waals surface area contributed by atoms with Gasteiger partial charge in [0.1, 0.15) is 5.75 Å². The number of imidazole rings is 1. The number of methoxy groups -OCH3 is 1. The number of pyridine rings is 2. The Morgan fingerprint density at radius 1 is 1.10 bits per heavy atom. The summed E-state index contributed by atoms with van der Waals surface area (Å²) in [6.07, 6.45) is 10.1. The molecule has 0 radical (unpaired) electrons. The van der Waals surface area contributed by atoms with Crippen LogP contribution in [0, 0.1) is 0 Å². The summed E-state index contributed by atoms with van der Waals surface area (Å²) in [5.41, 5.74) is 5.89. The largest absolute Gasteiger partial charge is 0.497 e. The number of hydrogen-bond acceptors (Lipinski definition) is 4. The summed E-state index contributed by atoms with van der Waals surface area (Å²) in [6, 6.07) is 17.1. The van der Waals surface area contributed by atoms with E-state index in [2.05, 4.69) is 56.9 Å². The monoisotopic (exact) mass is 384 g/mol. The average molecular weight is 384 g/mol. The minimum atomic E-state index is 0.343. The predicted molar refractivity (Wildman–Crippen MR) is 114 cm³/mol. The van der Waals surface area contributed by atoms with Crippen LogP contribution in [0.15, 0.2) is 73.4 Å². The molecule has 3 aromatic heterocycles. The highest BCUT2D eigenvalue weighted by Gasteiger charge is 2.29. The third-order valence-corrected chi connectivity index (χ3v) is 5.75. The third-order valence-electron chi connectivity index (χ3n) is 5.75. The maximum Gasteiger partial charge on any atom is 0.119 e. The molecule has 146 valence electrons. The van der Waals surface area contributed by atoms with Gasteiger partial charge in [0.15, 0.2) is 0 Å². The minimum Gasteiger partial charge on any atom is -0.497 e. The Morgan fingerprint density at radius 2 is 2.07 bits per heavy atom. The first-order valence-electron chi connectivity index (χ1n) is 10.1. The third kappa shape index (κ3) is 3.49. The molecule has 4 heterocycles. The molecule has 5 heteroatoms. The van der Waals surface area contributed by atoms with E-state index in [0.717, 1.165) is 36.4 Å². The van der Waals surface area contributed by atoms with E-state index >= 15 is 0 Å². The van der Waals surface area contributed by atoms with Crippen LogP contribution >= 0.6 is 0 Å². The van der Waals surface area contributed by atoms with Crippen molar-refractivity contribution in [3.8, 4) is 16.9 Å². The first-order chi connectivity index (χ1) is 14.3. The smallest absolute Gasteiger partial charge is 0.119 e. The number of hydrogen-bond donors (Lipinski definition) is 0. The van der Waals surface area contributed by atoms with Crippen LogP contribution in [-0.2, 0) is 6.54 Å². The van der Waals surface area contributed by atoms with Crippen molar-refractivity contribution in [2.75, 3.05) is 13.7 Å². The number of rotatable bonds is 5. The molecule has 0 amide bonds. The minimum absolute atomic E-state index is 0.343. The molecule has 0 saturated carbocycles. The second-order valence-corrected chi connectivity index (χ2v) is 7.56. The van der Waals surface area contributed by atoms with Gasteiger partial charge in [-0.15, -0.1) is 0 Å². The lowest BCUT2D eigenvalue weighted by atomic mass is 10.1. The van der Waals surface area contributed by atoms with Gasteiger partial charge in [0, 0.05) is 30.7 Å². The molecule has 5 nitrogen and oxygen atoms in total. The van der Waals surface area contributed by atoms with Gasteiger partial charge in [-0.05, 0) is 54.8 Å². The molecule has 5 rings (SSSR count). The topological polar surface area (TPSA) is 42.7 Å². The molecule has 1 atom stereocenters. The van der Waals surface area contributed by atoms with E-state index in [1.54, 1.807) is 13.3 Å². The number of aromatic nitrogens is 3. The summed E-state index contributed by atoms with van der Waals surface area (Å²) in [5, 5.41) is 0. The Labute approximate surface area is 170 Å². The van der Waals surface area contributed by atoms with Crippen molar-refractivity contribution in [2.24, 2.45) is 0 Å². The normalized spacial score (nSPS) is 17.1. The highest BCUT2D eigenvalue weighted by molar-refractivity contribution is 5.66. The van der Waals surface area contributed by atoms with Crippen LogP contribution in [0.2, 0.25) is 0 Å². The quantitative estimate of drug-likeness (QED) is 0.498. The Bertz CT molecular complexity index is 1120. The van der Waals surface area contributed by atoms with Crippen molar-refractivity contribution in [3.63, 3.8) is 0 Å². The zero-order valence-electron chi connectivity index (χ0n) is 16.5. The molecule has 1 aliphatic rings. The lowest BCUT2D eigenvalue weighted by Gasteiger charge is -2.23. The van der Waals surface area contributed by atoms with E-state index < -0.39 is 0 Å². The van der Waals surface area contributed by atoms with E-state index in [1.165, 1.54) is 23.2 Å². The molecule has 1 saturated heterocycles. The van der Waals surface area contributed by atoms with Crippen LogP contribution in [0.4, 0.5) is 0 Å². The molecule has 4 aromatic rings. The van der Waals surface area contributed by atoms with Crippen LogP contribution in [-0.4, -0.2) is 32.9 Å². The van der Waals surface area contributed by atoms with Gasteiger partial charge in [-0.2, -0.15) is 0 Å². The van der Waals surface area contributed by atoms with E-state index in [-0.39, 0.29) is 0 Å². The van der Waals surface area contributed by atoms with Gasteiger partial charge in [0.05, 0.1) is 30.7 Å². The lowest BCUT2D eigenvalue weighted by Crippen LogP contribution is -2.23. The summed E-state index contributed by atoms with van der Waals surface area (Å²) in [6.45, 7) is 2.00. The van der Waals surface area contributed by atoms with Crippen molar-refractivity contribution < 1.29 is 4.74 Å². The zero-order valence-corrected chi connectivity index (χ0v) is 16.5. The van der Waals surface area contributed by atoms with Gasteiger partial charge in [0.25, 0.3) is 0 Å². The highest BCUT2D eigenvalue weighted by Crippen LogP contribution is 2.35. The molecule has 0 aliphatic carbocycles. The maximum atomic E-state index is 5.39. The average Bonchev–Trinajstić information content (AvgIpc) is 3.40. The van der Waals surface area contributed by atoms with Crippen molar-refractivity contribution in [1.29, 1.82) is 0 Å². The standard InChI is InChI=1S/C24H24N4O/c1-29-21-7-2-5-18(13-21)15-27-12-4-8-22(27)24-23-10-9-20(16-28(23)17-26-24)19-6-3-11-25-14-19/h2-3,5-7,9-11,13-14,16-17,22H,4,8,12,15H2,1H3/t22-/m0/s1. The lowest BCUT2D eigenvalue weighted by molar-refractivity contribution is 0.246. The number of likely N-dealkylation sites (tertiary alicyclic amines) is 1. The fraction of sp³-hybridized carbons (Fsp3) is 0.250. The second-order valence-electron chi connectivity index (χ2n) is 7.56. The molecule has 0 bridgehead atoms. The zero-order chi connectivity index (χ0) is 19.6. The van der Waals surface area contributed by atoms with Crippen molar-refractivity contribution in [3.05, 3.63) is 84.7 Å². The molecule has 1 aliphatic heterocycles. The molecule has 29 heavy (non-hydrogen) atoms. The molecule has 0 unspecified atom stereocenters. The summed E-state index contributed by atoms with van der Waals surface area (Å²) >= 11 is 0. The van der Waals surface area contributed by atoms with Gasteiger partial charge >= 0.3 is 0 Å². The predicted octanol–water partition coefficient (Wildman–Crippen LogP) is 4.74. The van der Waals surface area contributed by atoms with Crippen LogP contribution in [0.1, 0.15) is 30.1 Å². The number of fused-ring (bicyclic) bond motifs is 1. The SMILES string of the molecule is COc1cccc(CN2CCC[C@H]2c2ncn3cc(-c4cccnc4)ccc23)c1. The molecular weight excluding hydrogens is 360 g/mol. The van der Waals surface area contributed by atoms with Crippen LogP contribution < -0.4 is 4.74 Å². The molecule has 0 spiro atoms. The number of benzene rings is 1. The molecule has 0 N–H and O–H groups in total. The van der Waals surface area contributed by atoms with Gasteiger partial charge in [-0.3, -0.25) is 9.88 Å². The molecular formula is C24H24N4O. The summed E-state index contributed by atoms with van der Waals surface area (Å²) in [4.78, 5) is 11.6. The summed E-state index contributed by atoms with van der Waals surface area (Å²) in [7, 11) is 1.72. The first kappa shape index (κ1) is 17.9. The Balaban J connectivity index is 1.43.